The van der Waals surface area contributed by atoms with Gasteiger partial charge in [0.25, 0.3) is 0 Å². The van der Waals surface area contributed by atoms with Crippen molar-refractivity contribution in [1.82, 2.24) is 10.3 Å². The zero-order valence-electron chi connectivity index (χ0n) is 4.96. The molecule has 3 nitrogen and oxygen atoms in total. The van der Waals surface area contributed by atoms with Crippen molar-refractivity contribution in [2.45, 2.75) is 19.9 Å². The smallest absolute Gasteiger partial charge is 0.163 e. The van der Waals surface area contributed by atoms with E-state index in [1.54, 1.807) is 6.20 Å². The number of H-pyrrole nitrogens is 1. The molecule has 0 atom stereocenters. The molecular formula is C5H10N3+. The first-order valence-corrected chi connectivity index (χ1v) is 2.82. The summed E-state index contributed by atoms with van der Waals surface area (Å²) in [4.78, 5) is 0. The Morgan fingerprint density at radius 1 is 1.75 bits per heavy atom. The van der Waals surface area contributed by atoms with E-state index in [4.69, 9.17) is 0 Å². The van der Waals surface area contributed by atoms with Crippen molar-refractivity contribution in [3.63, 3.8) is 0 Å². The molecule has 0 saturated carbocycles. The van der Waals surface area contributed by atoms with E-state index in [0.29, 0.717) is 0 Å². The van der Waals surface area contributed by atoms with Gasteiger partial charge < -0.3 is 0 Å². The maximum atomic E-state index is 3.78. The van der Waals surface area contributed by atoms with Gasteiger partial charge in [-0.1, -0.05) is 12.1 Å². The van der Waals surface area contributed by atoms with E-state index in [2.05, 4.69) is 17.2 Å². The van der Waals surface area contributed by atoms with Crippen LogP contribution in [-0.2, 0) is 6.54 Å². The van der Waals surface area contributed by atoms with Gasteiger partial charge in [0.05, 0.1) is 0 Å². The van der Waals surface area contributed by atoms with Crippen molar-refractivity contribution in [1.29, 1.82) is 0 Å². The summed E-state index contributed by atoms with van der Waals surface area (Å²) in [5.74, 6) is 0. The fourth-order valence-electron chi connectivity index (χ4n) is 0.620. The van der Waals surface area contributed by atoms with Crippen LogP contribution in [0.3, 0.4) is 0 Å². The minimum absolute atomic E-state index is 1.03. The second kappa shape index (κ2) is 2.45. The zero-order chi connectivity index (χ0) is 5.82. The molecule has 1 aromatic heterocycles. The summed E-state index contributed by atoms with van der Waals surface area (Å²) < 4.78 is 1.94. The van der Waals surface area contributed by atoms with Crippen molar-refractivity contribution in [2.24, 2.45) is 0 Å². The Morgan fingerprint density at radius 3 is 3.12 bits per heavy atom. The van der Waals surface area contributed by atoms with Crippen molar-refractivity contribution >= 4 is 0 Å². The Hall–Kier alpha value is -0.860. The Labute approximate surface area is 48.3 Å². The molecular weight excluding hydrogens is 102 g/mol. The number of nitrogens with one attached hydrogen (secondary N) is 1. The molecule has 0 saturated heterocycles. The van der Waals surface area contributed by atoms with Crippen LogP contribution < -0.4 is 4.68 Å². The average Bonchev–Trinajstić information content (AvgIpc) is 2.19. The van der Waals surface area contributed by atoms with Gasteiger partial charge in [-0.25, -0.2) is 0 Å². The van der Waals surface area contributed by atoms with Gasteiger partial charge in [0.1, 0.15) is 6.54 Å². The van der Waals surface area contributed by atoms with E-state index >= 15 is 0 Å². The van der Waals surface area contributed by atoms with Gasteiger partial charge in [0, 0.05) is 5.10 Å². The molecule has 44 valence electrons. The number of aryl methyl sites for hydroxylation is 1. The number of aromatic amines is 1. The standard InChI is InChI=1S/C5H9N3/c1-2-4-8-5-3-6-7-8/h3,5H,2,4H2,1H3/p+1. The van der Waals surface area contributed by atoms with Crippen LogP contribution in [0.15, 0.2) is 12.4 Å². The lowest BCUT2D eigenvalue weighted by atomic mass is 10.5. The summed E-state index contributed by atoms with van der Waals surface area (Å²) in [6.07, 6.45) is 4.81. The van der Waals surface area contributed by atoms with E-state index in [1.807, 2.05) is 10.9 Å². The number of nitrogens with zero attached hydrogens (tertiary/aromatic N) is 2. The molecule has 0 amide bonds. The van der Waals surface area contributed by atoms with Crippen LogP contribution in [0.4, 0.5) is 0 Å². The monoisotopic (exact) mass is 112 g/mol. The van der Waals surface area contributed by atoms with Crippen LogP contribution in [0.1, 0.15) is 13.3 Å². The number of rotatable bonds is 2. The Balaban J connectivity index is 2.50. The molecule has 3 heteroatoms. The second-order valence-electron chi connectivity index (χ2n) is 1.72. The lowest BCUT2D eigenvalue weighted by Gasteiger charge is -1.84. The van der Waals surface area contributed by atoms with E-state index in [9.17, 15) is 0 Å². The van der Waals surface area contributed by atoms with Gasteiger partial charge >= 0.3 is 0 Å². The summed E-state index contributed by atoms with van der Waals surface area (Å²) in [5, 5.41) is 6.58. The fraction of sp³-hybridized carbons (Fsp3) is 0.600. The van der Waals surface area contributed by atoms with Gasteiger partial charge in [-0.15, -0.1) is 0 Å². The summed E-state index contributed by atoms with van der Waals surface area (Å²) in [6.45, 7) is 3.16. The largest absolute Gasteiger partial charge is 0.206 e. The Morgan fingerprint density at radius 2 is 2.62 bits per heavy atom. The third-order valence-electron chi connectivity index (χ3n) is 0.972. The maximum absolute atomic E-state index is 3.78. The molecule has 0 unspecified atom stereocenters. The number of aromatic nitrogens is 3. The third-order valence-corrected chi connectivity index (χ3v) is 0.972. The van der Waals surface area contributed by atoms with Gasteiger partial charge in [-0.3, -0.25) is 0 Å². The lowest BCUT2D eigenvalue weighted by molar-refractivity contribution is -0.753. The molecule has 0 bridgehead atoms. The van der Waals surface area contributed by atoms with E-state index in [-0.39, 0.29) is 0 Å². The molecule has 0 aliphatic rings. The van der Waals surface area contributed by atoms with Gasteiger partial charge in [0.2, 0.25) is 6.20 Å². The predicted octanol–water partition coefficient (Wildman–Crippen LogP) is 0.107. The molecule has 0 fully saturated rings. The molecule has 1 aromatic rings. The van der Waals surface area contributed by atoms with Gasteiger partial charge in [-0.05, 0) is 6.42 Å². The third kappa shape index (κ3) is 1.05. The van der Waals surface area contributed by atoms with Crippen molar-refractivity contribution in [3.8, 4) is 0 Å². The van der Waals surface area contributed by atoms with Crippen LogP contribution in [0.2, 0.25) is 0 Å². The molecule has 0 aromatic carbocycles. The first kappa shape index (κ1) is 5.28. The quantitative estimate of drug-likeness (QED) is 0.541. The molecule has 0 radical (unpaired) electrons. The number of hydrogen-bond acceptors (Lipinski definition) is 1. The summed E-state index contributed by atoms with van der Waals surface area (Å²) in [5.41, 5.74) is 0. The summed E-state index contributed by atoms with van der Waals surface area (Å²) in [7, 11) is 0. The molecule has 0 spiro atoms. The molecule has 1 heterocycles. The first-order valence-electron chi connectivity index (χ1n) is 2.82. The van der Waals surface area contributed by atoms with Crippen LogP contribution >= 0.6 is 0 Å². The van der Waals surface area contributed by atoms with Crippen molar-refractivity contribution in [3.05, 3.63) is 12.4 Å². The van der Waals surface area contributed by atoms with Crippen LogP contribution in [0.25, 0.3) is 0 Å². The minimum Gasteiger partial charge on any atom is -0.163 e. The zero-order valence-corrected chi connectivity index (χ0v) is 4.96. The van der Waals surface area contributed by atoms with E-state index in [1.165, 1.54) is 0 Å². The molecule has 1 rings (SSSR count). The van der Waals surface area contributed by atoms with Crippen molar-refractivity contribution in [2.75, 3.05) is 0 Å². The molecule has 8 heavy (non-hydrogen) atoms. The predicted molar refractivity (Wildman–Crippen MR) is 29.1 cm³/mol. The minimum atomic E-state index is 1.03. The highest BCUT2D eigenvalue weighted by Crippen LogP contribution is 1.71. The average molecular weight is 112 g/mol. The second-order valence-corrected chi connectivity index (χ2v) is 1.72. The first-order chi connectivity index (χ1) is 3.93. The molecule has 0 aliphatic carbocycles. The van der Waals surface area contributed by atoms with Gasteiger partial charge in [0.15, 0.2) is 6.20 Å². The normalized spacial score (nSPS) is 9.62. The van der Waals surface area contributed by atoms with E-state index in [0.717, 1.165) is 13.0 Å². The van der Waals surface area contributed by atoms with Crippen LogP contribution in [0, 0.1) is 0 Å². The van der Waals surface area contributed by atoms with Gasteiger partial charge in [-0.2, -0.15) is 4.68 Å². The summed E-state index contributed by atoms with van der Waals surface area (Å²) >= 11 is 0. The highest BCUT2D eigenvalue weighted by atomic mass is 15.4. The van der Waals surface area contributed by atoms with Crippen molar-refractivity contribution < 1.29 is 4.68 Å². The highest BCUT2D eigenvalue weighted by Gasteiger charge is 1.91. The highest BCUT2D eigenvalue weighted by molar-refractivity contribution is 4.47. The van der Waals surface area contributed by atoms with E-state index < -0.39 is 0 Å². The molecule has 0 aliphatic heterocycles. The lowest BCUT2D eigenvalue weighted by Crippen LogP contribution is -2.34. The summed E-state index contributed by atoms with van der Waals surface area (Å²) in [6, 6.07) is 0. The molecule has 1 N–H and O–H groups in total. The Bertz CT molecular complexity index is 133. The number of hydrogen-bond donors (Lipinski definition) is 1. The fourth-order valence-corrected chi connectivity index (χ4v) is 0.620. The Kier molecular flexibility index (Phi) is 1.62. The van der Waals surface area contributed by atoms with Crippen LogP contribution in [0.5, 0.6) is 0 Å². The maximum Gasteiger partial charge on any atom is 0.206 e. The SMILES string of the molecule is CCC[n+]1ccn[nH]1. The van der Waals surface area contributed by atoms with Crippen LogP contribution in [-0.4, -0.2) is 10.3 Å². The topological polar surface area (TPSA) is 32.6 Å².